The largest absolute Gasteiger partial charge is 0.379 e. The first-order chi connectivity index (χ1) is 15.4. The maximum absolute atomic E-state index is 13.9. The Kier molecular flexibility index (Phi) is 8.95. The molecule has 1 aliphatic heterocycles. The highest BCUT2D eigenvalue weighted by molar-refractivity contribution is 7.09. The van der Waals surface area contributed by atoms with Crippen molar-refractivity contribution in [3.05, 3.63) is 46.2 Å². The molecule has 0 bridgehead atoms. The van der Waals surface area contributed by atoms with Crippen molar-refractivity contribution < 1.29 is 18.7 Å². The predicted octanol–water partition coefficient (Wildman–Crippen LogP) is 3.18. The molecule has 0 unspecified atom stereocenters. The lowest BCUT2D eigenvalue weighted by Crippen LogP contribution is -2.39. The zero-order valence-corrected chi connectivity index (χ0v) is 19.3. The van der Waals surface area contributed by atoms with E-state index < -0.39 is 11.8 Å². The number of aromatic nitrogens is 1. The minimum absolute atomic E-state index is 0.124. The van der Waals surface area contributed by atoms with E-state index in [9.17, 15) is 14.0 Å². The molecular weight excluding hydrogens is 433 g/mol. The number of carbonyl (C=O) groups is 2. The van der Waals surface area contributed by atoms with Gasteiger partial charge in [-0.05, 0) is 38.9 Å². The fourth-order valence-corrected chi connectivity index (χ4v) is 4.06. The topological polar surface area (TPSA) is 86.8 Å². The quantitative estimate of drug-likeness (QED) is 0.558. The highest BCUT2D eigenvalue weighted by Gasteiger charge is 2.21. The van der Waals surface area contributed by atoms with Crippen molar-refractivity contribution in [2.24, 2.45) is 0 Å². The maximum atomic E-state index is 13.9. The van der Waals surface area contributed by atoms with Crippen molar-refractivity contribution in [2.45, 2.75) is 32.9 Å². The van der Waals surface area contributed by atoms with Gasteiger partial charge in [-0.25, -0.2) is 14.2 Å². The number of hydrogen-bond acceptors (Lipinski definition) is 6. The number of nitrogens with one attached hydrogen (secondary N) is 2. The van der Waals surface area contributed by atoms with Gasteiger partial charge in [0.05, 0.1) is 25.4 Å². The lowest BCUT2D eigenvalue weighted by Gasteiger charge is -2.26. The predicted molar refractivity (Wildman–Crippen MR) is 122 cm³/mol. The maximum Gasteiger partial charge on any atom is 0.322 e. The number of amides is 3. The average molecular weight is 464 g/mol. The monoisotopic (exact) mass is 463 g/mol. The summed E-state index contributed by atoms with van der Waals surface area (Å²) < 4.78 is 19.2. The van der Waals surface area contributed by atoms with E-state index in [0.29, 0.717) is 17.2 Å². The first-order valence-electron chi connectivity index (χ1n) is 10.8. The average Bonchev–Trinajstić information content (AvgIpc) is 3.26. The lowest BCUT2D eigenvalue weighted by atomic mass is 10.3. The molecule has 3 amide bonds. The Morgan fingerprint density at radius 2 is 2.03 bits per heavy atom. The SMILES string of the molecule is CC(C)N(Cc1nc(C(=O)NCCCN2CCOCC2)cs1)C(=O)Nc1ccccc1F. The summed E-state index contributed by atoms with van der Waals surface area (Å²) in [5, 5.41) is 7.84. The zero-order valence-electron chi connectivity index (χ0n) is 18.5. The molecule has 1 aliphatic rings. The minimum Gasteiger partial charge on any atom is -0.379 e. The second-order valence-corrected chi connectivity index (χ2v) is 8.76. The number of para-hydroxylation sites is 1. The Balaban J connectivity index is 1.49. The fraction of sp³-hybridized carbons (Fsp3) is 0.500. The van der Waals surface area contributed by atoms with Gasteiger partial charge in [0.2, 0.25) is 0 Å². The number of anilines is 1. The van der Waals surface area contributed by atoms with Gasteiger partial charge in [0.15, 0.2) is 0 Å². The van der Waals surface area contributed by atoms with E-state index >= 15 is 0 Å². The van der Waals surface area contributed by atoms with Gasteiger partial charge < -0.3 is 20.3 Å². The molecule has 0 radical (unpaired) electrons. The van der Waals surface area contributed by atoms with Gasteiger partial charge in [-0.3, -0.25) is 9.69 Å². The van der Waals surface area contributed by atoms with Crippen LogP contribution in [0, 0.1) is 5.82 Å². The molecule has 2 heterocycles. The molecule has 1 aromatic heterocycles. The second-order valence-electron chi connectivity index (χ2n) is 7.82. The number of rotatable bonds is 9. The van der Waals surface area contributed by atoms with E-state index in [1.165, 1.54) is 23.5 Å². The summed E-state index contributed by atoms with van der Waals surface area (Å²) >= 11 is 1.32. The van der Waals surface area contributed by atoms with Gasteiger partial charge in [-0.1, -0.05) is 12.1 Å². The second kappa shape index (κ2) is 11.9. The van der Waals surface area contributed by atoms with E-state index in [1.54, 1.807) is 22.4 Å². The third-order valence-corrected chi connectivity index (χ3v) is 5.96. The smallest absolute Gasteiger partial charge is 0.322 e. The highest BCUT2D eigenvalue weighted by atomic mass is 32.1. The van der Waals surface area contributed by atoms with Gasteiger partial charge in [-0.15, -0.1) is 11.3 Å². The Morgan fingerprint density at radius 1 is 1.28 bits per heavy atom. The summed E-state index contributed by atoms with van der Waals surface area (Å²) in [7, 11) is 0. The van der Waals surface area contributed by atoms with E-state index in [0.717, 1.165) is 39.3 Å². The third kappa shape index (κ3) is 6.98. The molecule has 3 rings (SSSR count). The van der Waals surface area contributed by atoms with Crippen LogP contribution in [0.25, 0.3) is 0 Å². The van der Waals surface area contributed by atoms with Gasteiger partial charge in [0.1, 0.15) is 16.5 Å². The number of benzene rings is 1. The molecule has 0 aliphatic carbocycles. The van der Waals surface area contributed by atoms with Gasteiger partial charge in [0, 0.05) is 31.1 Å². The number of ether oxygens (including phenoxy) is 1. The molecule has 2 aromatic rings. The molecular formula is C22H30FN5O3S. The number of halogens is 1. The normalized spacial score (nSPS) is 14.4. The molecule has 0 spiro atoms. The van der Waals surface area contributed by atoms with Crippen molar-refractivity contribution in [1.82, 2.24) is 20.1 Å². The van der Waals surface area contributed by atoms with Crippen molar-refractivity contribution in [1.29, 1.82) is 0 Å². The van der Waals surface area contributed by atoms with Crippen LogP contribution in [0.2, 0.25) is 0 Å². The molecule has 32 heavy (non-hydrogen) atoms. The minimum atomic E-state index is -0.494. The van der Waals surface area contributed by atoms with Crippen LogP contribution in [0.15, 0.2) is 29.6 Å². The van der Waals surface area contributed by atoms with Crippen LogP contribution in [0.5, 0.6) is 0 Å². The number of morpholine rings is 1. The van der Waals surface area contributed by atoms with Crippen LogP contribution in [-0.4, -0.2) is 72.2 Å². The fourth-order valence-electron chi connectivity index (χ4n) is 3.29. The van der Waals surface area contributed by atoms with Crippen LogP contribution in [-0.2, 0) is 11.3 Å². The summed E-state index contributed by atoms with van der Waals surface area (Å²) in [6.45, 7) is 8.86. The molecule has 1 aromatic carbocycles. The van der Waals surface area contributed by atoms with E-state index in [-0.39, 0.29) is 24.2 Å². The van der Waals surface area contributed by atoms with Gasteiger partial charge in [0.25, 0.3) is 5.91 Å². The Labute approximate surface area is 191 Å². The van der Waals surface area contributed by atoms with E-state index in [2.05, 4.69) is 20.5 Å². The Hall–Kier alpha value is -2.56. The Morgan fingerprint density at radius 3 is 2.75 bits per heavy atom. The standard InChI is InChI=1S/C22H30FN5O3S/c1-16(2)28(22(30)26-18-7-4-3-6-17(18)23)14-20-25-19(15-32-20)21(29)24-8-5-9-27-10-12-31-13-11-27/h3-4,6-7,15-16H,5,8-14H2,1-2H3,(H,24,29)(H,26,30). The summed E-state index contributed by atoms with van der Waals surface area (Å²) in [6.07, 6.45) is 0.861. The summed E-state index contributed by atoms with van der Waals surface area (Å²) in [6, 6.07) is 5.47. The molecule has 174 valence electrons. The van der Waals surface area contributed by atoms with E-state index in [1.807, 2.05) is 13.8 Å². The molecule has 0 saturated carbocycles. The summed E-state index contributed by atoms with van der Waals surface area (Å²) in [5.41, 5.74) is 0.467. The highest BCUT2D eigenvalue weighted by Crippen LogP contribution is 2.18. The zero-order chi connectivity index (χ0) is 22.9. The van der Waals surface area contributed by atoms with Crippen LogP contribution < -0.4 is 10.6 Å². The Bertz CT molecular complexity index is 901. The molecule has 8 nitrogen and oxygen atoms in total. The van der Waals surface area contributed by atoms with Crippen LogP contribution >= 0.6 is 11.3 Å². The summed E-state index contributed by atoms with van der Waals surface area (Å²) in [4.78, 5) is 33.4. The van der Waals surface area contributed by atoms with Crippen LogP contribution in [0.1, 0.15) is 35.8 Å². The van der Waals surface area contributed by atoms with Crippen molar-refractivity contribution in [3.63, 3.8) is 0 Å². The van der Waals surface area contributed by atoms with Crippen LogP contribution in [0.3, 0.4) is 0 Å². The number of nitrogens with zero attached hydrogens (tertiary/aromatic N) is 3. The molecule has 0 atom stereocenters. The lowest BCUT2D eigenvalue weighted by molar-refractivity contribution is 0.0374. The summed E-state index contributed by atoms with van der Waals surface area (Å²) in [5.74, 6) is -0.715. The van der Waals surface area contributed by atoms with Crippen molar-refractivity contribution in [2.75, 3.05) is 44.7 Å². The van der Waals surface area contributed by atoms with Gasteiger partial charge in [-0.2, -0.15) is 0 Å². The molecule has 1 fully saturated rings. The first kappa shape index (κ1) is 24.1. The van der Waals surface area contributed by atoms with Crippen LogP contribution in [0.4, 0.5) is 14.9 Å². The first-order valence-corrected chi connectivity index (χ1v) is 11.7. The number of thiazole rings is 1. The number of urea groups is 1. The molecule has 2 N–H and O–H groups in total. The molecule has 1 saturated heterocycles. The van der Waals surface area contributed by atoms with Gasteiger partial charge >= 0.3 is 6.03 Å². The van der Waals surface area contributed by atoms with Crippen molar-refractivity contribution in [3.8, 4) is 0 Å². The molecule has 10 heteroatoms. The van der Waals surface area contributed by atoms with E-state index in [4.69, 9.17) is 4.74 Å². The number of carbonyl (C=O) groups excluding carboxylic acids is 2. The third-order valence-electron chi connectivity index (χ3n) is 5.13. The number of hydrogen-bond donors (Lipinski definition) is 2. The van der Waals surface area contributed by atoms with Crippen molar-refractivity contribution >= 4 is 29.0 Å².